The molecule has 0 aliphatic heterocycles. The van der Waals surface area contributed by atoms with E-state index in [4.69, 9.17) is 0 Å². The second kappa shape index (κ2) is 6.43. The molecule has 0 spiro atoms. The van der Waals surface area contributed by atoms with Crippen LogP contribution in [0.5, 0.6) is 0 Å². The highest BCUT2D eigenvalue weighted by molar-refractivity contribution is 6.06. The van der Waals surface area contributed by atoms with Crippen molar-refractivity contribution in [2.24, 2.45) is 0 Å². The first-order valence-corrected chi connectivity index (χ1v) is 6.01. The summed E-state index contributed by atoms with van der Waals surface area (Å²) in [4.78, 5) is 27.0. The van der Waals surface area contributed by atoms with Gasteiger partial charge >= 0.3 is 5.97 Å². The number of rotatable bonds is 4. The molecule has 0 saturated heterocycles. The molecule has 20 heavy (non-hydrogen) atoms. The van der Waals surface area contributed by atoms with Gasteiger partial charge in [-0.1, -0.05) is 18.2 Å². The van der Waals surface area contributed by atoms with E-state index in [2.05, 4.69) is 9.72 Å². The van der Waals surface area contributed by atoms with Crippen molar-refractivity contribution in [3.8, 4) is 0 Å². The first kappa shape index (κ1) is 13.7. The van der Waals surface area contributed by atoms with Gasteiger partial charge in [0.1, 0.15) is 0 Å². The summed E-state index contributed by atoms with van der Waals surface area (Å²) in [5.41, 5.74) is 1.90. The number of carbonyl (C=O) groups excluding carboxylic acids is 2. The van der Waals surface area contributed by atoms with Gasteiger partial charge in [-0.2, -0.15) is 0 Å². The Kier molecular flexibility index (Phi) is 4.39. The highest BCUT2D eigenvalue weighted by Crippen LogP contribution is 2.08. The maximum atomic E-state index is 11.9. The van der Waals surface area contributed by atoms with Crippen LogP contribution in [0.4, 0.5) is 0 Å². The van der Waals surface area contributed by atoms with Crippen LogP contribution in [0, 0.1) is 0 Å². The largest absolute Gasteiger partial charge is 0.465 e. The van der Waals surface area contributed by atoms with E-state index in [1.165, 1.54) is 13.2 Å². The van der Waals surface area contributed by atoms with Crippen molar-refractivity contribution in [1.29, 1.82) is 0 Å². The van der Waals surface area contributed by atoms with Gasteiger partial charge in [-0.15, -0.1) is 0 Å². The van der Waals surface area contributed by atoms with E-state index in [9.17, 15) is 9.59 Å². The van der Waals surface area contributed by atoms with Gasteiger partial charge in [-0.25, -0.2) is 4.79 Å². The molecule has 0 aliphatic carbocycles. The van der Waals surface area contributed by atoms with Crippen molar-refractivity contribution >= 4 is 17.8 Å². The van der Waals surface area contributed by atoms with Crippen LogP contribution in [0.25, 0.3) is 6.08 Å². The predicted molar refractivity (Wildman–Crippen MR) is 75.4 cm³/mol. The summed E-state index contributed by atoms with van der Waals surface area (Å²) >= 11 is 0. The molecule has 0 N–H and O–H groups in total. The van der Waals surface area contributed by atoms with E-state index in [0.717, 1.165) is 5.56 Å². The number of aromatic nitrogens is 1. The number of esters is 1. The van der Waals surface area contributed by atoms with Gasteiger partial charge in [0, 0.05) is 18.0 Å². The summed E-state index contributed by atoms with van der Waals surface area (Å²) in [7, 11) is 1.34. The zero-order chi connectivity index (χ0) is 14.4. The third kappa shape index (κ3) is 3.38. The molecule has 0 atom stereocenters. The minimum absolute atomic E-state index is 0.0931. The zero-order valence-electron chi connectivity index (χ0n) is 10.9. The smallest absolute Gasteiger partial charge is 0.337 e. The monoisotopic (exact) mass is 267 g/mol. The van der Waals surface area contributed by atoms with Gasteiger partial charge < -0.3 is 4.74 Å². The fourth-order valence-corrected chi connectivity index (χ4v) is 1.63. The van der Waals surface area contributed by atoms with E-state index in [-0.39, 0.29) is 11.8 Å². The molecule has 4 nitrogen and oxygen atoms in total. The van der Waals surface area contributed by atoms with Crippen LogP contribution in [-0.2, 0) is 4.74 Å². The molecule has 0 unspecified atom stereocenters. The molecule has 0 bridgehead atoms. The van der Waals surface area contributed by atoms with Crippen LogP contribution in [-0.4, -0.2) is 23.8 Å². The summed E-state index contributed by atoms with van der Waals surface area (Å²) in [5.74, 6) is -0.474. The van der Waals surface area contributed by atoms with Crippen LogP contribution in [0.2, 0.25) is 0 Å². The van der Waals surface area contributed by atoms with Gasteiger partial charge in [0.25, 0.3) is 0 Å². The fraction of sp³-hybridized carbons (Fsp3) is 0.0625. The Hall–Kier alpha value is -2.75. The average molecular weight is 267 g/mol. The number of ketones is 1. The second-order valence-electron chi connectivity index (χ2n) is 4.05. The maximum absolute atomic E-state index is 11.9. The molecular weight excluding hydrogens is 254 g/mol. The molecule has 1 aromatic carbocycles. The van der Waals surface area contributed by atoms with E-state index >= 15 is 0 Å². The number of nitrogens with zero attached hydrogens (tertiary/aromatic N) is 1. The molecule has 0 fully saturated rings. The summed E-state index contributed by atoms with van der Waals surface area (Å²) in [6.07, 6.45) is 6.34. The maximum Gasteiger partial charge on any atom is 0.337 e. The third-order valence-corrected chi connectivity index (χ3v) is 2.72. The Bertz CT molecular complexity index is 631. The Labute approximate surface area is 116 Å². The lowest BCUT2D eigenvalue weighted by atomic mass is 10.1. The Morgan fingerprint density at radius 1 is 1.00 bits per heavy atom. The molecule has 4 heteroatoms. The predicted octanol–water partition coefficient (Wildman–Crippen LogP) is 2.76. The molecule has 1 aromatic heterocycles. The molecule has 0 amide bonds. The highest BCUT2D eigenvalue weighted by atomic mass is 16.5. The third-order valence-electron chi connectivity index (χ3n) is 2.72. The summed E-state index contributed by atoms with van der Waals surface area (Å²) < 4.78 is 4.62. The summed E-state index contributed by atoms with van der Waals surface area (Å²) in [6, 6.07) is 10.1. The van der Waals surface area contributed by atoms with Crippen molar-refractivity contribution in [3.63, 3.8) is 0 Å². The Balaban J connectivity index is 2.08. The van der Waals surface area contributed by atoms with E-state index < -0.39 is 0 Å². The van der Waals surface area contributed by atoms with Crippen LogP contribution < -0.4 is 0 Å². The van der Waals surface area contributed by atoms with Gasteiger partial charge in [0.05, 0.1) is 12.7 Å². The summed E-state index contributed by atoms with van der Waals surface area (Å²) in [6.45, 7) is 0. The molecule has 2 aromatic rings. The van der Waals surface area contributed by atoms with E-state index in [1.54, 1.807) is 54.9 Å². The van der Waals surface area contributed by atoms with E-state index in [1.807, 2.05) is 0 Å². The number of hydrogen-bond donors (Lipinski definition) is 0. The summed E-state index contributed by atoms with van der Waals surface area (Å²) in [5, 5.41) is 0. The normalized spacial score (nSPS) is 10.4. The Morgan fingerprint density at radius 3 is 2.25 bits per heavy atom. The number of hydrogen-bond acceptors (Lipinski definition) is 4. The molecule has 0 aliphatic rings. The van der Waals surface area contributed by atoms with Crippen molar-refractivity contribution < 1.29 is 14.3 Å². The SMILES string of the molecule is COC(=O)c1ccc(/C=C/C(=O)c2ccncc2)cc1. The number of pyridine rings is 1. The van der Waals surface area contributed by atoms with Crippen LogP contribution >= 0.6 is 0 Å². The molecule has 1 heterocycles. The van der Waals surface area contributed by atoms with Crippen molar-refractivity contribution in [2.75, 3.05) is 7.11 Å². The van der Waals surface area contributed by atoms with Crippen molar-refractivity contribution in [2.45, 2.75) is 0 Å². The molecule has 100 valence electrons. The Morgan fingerprint density at radius 2 is 1.65 bits per heavy atom. The number of allylic oxidation sites excluding steroid dienone is 1. The van der Waals surface area contributed by atoms with Gasteiger partial charge in [-0.3, -0.25) is 9.78 Å². The lowest BCUT2D eigenvalue weighted by Gasteiger charge is -1.99. The average Bonchev–Trinajstić information content (AvgIpc) is 2.53. The van der Waals surface area contributed by atoms with Crippen LogP contribution in [0.15, 0.2) is 54.9 Å². The first-order valence-electron chi connectivity index (χ1n) is 6.01. The van der Waals surface area contributed by atoms with Crippen LogP contribution in [0.3, 0.4) is 0 Å². The van der Waals surface area contributed by atoms with Gasteiger partial charge in [0.15, 0.2) is 5.78 Å². The van der Waals surface area contributed by atoms with Crippen LogP contribution in [0.1, 0.15) is 26.3 Å². The minimum atomic E-state index is -0.381. The zero-order valence-corrected chi connectivity index (χ0v) is 10.9. The van der Waals surface area contributed by atoms with Gasteiger partial charge in [0.2, 0.25) is 0 Å². The number of benzene rings is 1. The molecule has 0 saturated carbocycles. The van der Waals surface area contributed by atoms with Crippen molar-refractivity contribution in [1.82, 2.24) is 4.98 Å². The highest BCUT2D eigenvalue weighted by Gasteiger charge is 2.04. The lowest BCUT2D eigenvalue weighted by Crippen LogP contribution is -2.00. The molecular formula is C16H13NO3. The number of methoxy groups -OCH3 is 1. The fourth-order valence-electron chi connectivity index (χ4n) is 1.63. The number of carbonyl (C=O) groups is 2. The number of ether oxygens (including phenoxy) is 1. The topological polar surface area (TPSA) is 56.3 Å². The van der Waals surface area contributed by atoms with Gasteiger partial charge in [-0.05, 0) is 35.9 Å². The van der Waals surface area contributed by atoms with E-state index in [0.29, 0.717) is 11.1 Å². The lowest BCUT2D eigenvalue weighted by molar-refractivity contribution is 0.0600. The minimum Gasteiger partial charge on any atom is -0.465 e. The first-order chi connectivity index (χ1) is 9.70. The van der Waals surface area contributed by atoms with Crippen molar-refractivity contribution in [3.05, 3.63) is 71.6 Å². The standard InChI is InChI=1S/C16H13NO3/c1-20-16(19)14-5-2-12(3-6-14)4-7-15(18)13-8-10-17-11-9-13/h2-11H,1H3/b7-4+. The second-order valence-corrected chi connectivity index (χ2v) is 4.05. The quantitative estimate of drug-likeness (QED) is 0.485. The molecule has 0 radical (unpaired) electrons. The molecule has 2 rings (SSSR count).